The summed E-state index contributed by atoms with van der Waals surface area (Å²) in [5, 5.41) is 20.0. The van der Waals surface area contributed by atoms with E-state index in [2.05, 4.69) is 41.3 Å². The Morgan fingerprint density at radius 3 is 2.58 bits per heavy atom. The smallest absolute Gasteiger partial charge is 0.193 e. The molecule has 0 amide bonds. The van der Waals surface area contributed by atoms with Gasteiger partial charge in [0.25, 0.3) is 0 Å². The van der Waals surface area contributed by atoms with Gasteiger partial charge in [0.15, 0.2) is 17.4 Å². The number of nitrogens with zero attached hydrogens (tertiary/aromatic N) is 5. The summed E-state index contributed by atoms with van der Waals surface area (Å²) < 4.78 is 16.4. The van der Waals surface area contributed by atoms with Gasteiger partial charge in [-0.1, -0.05) is 0 Å². The highest BCUT2D eigenvalue weighted by Crippen LogP contribution is 2.44. The highest BCUT2D eigenvalue weighted by Gasteiger charge is 2.30. The molecule has 2 fully saturated rings. The zero-order valence-corrected chi connectivity index (χ0v) is 19.0. The van der Waals surface area contributed by atoms with Gasteiger partial charge in [-0.05, 0) is 51.0 Å². The SMILES string of the molecule is C[C@@H]1CN(c2ccc3nc(-c4cc5cn(C)nc5c(F)c4O)nc(C4CC4)c3c2)C[C@@H](C)N1. The molecule has 4 aromatic rings. The lowest BCUT2D eigenvalue weighted by atomic mass is 10.1. The molecule has 1 saturated heterocycles. The van der Waals surface area contributed by atoms with E-state index in [1.807, 2.05) is 6.07 Å². The van der Waals surface area contributed by atoms with Crippen molar-refractivity contribution in [3.05, 3.63) is 42.0 Å². The molecule has 1 saturated carbocycles. The normalized spacial score (nSPS) is 21.3. The van der Waals surface area contributed by atoms with E-state index in [0.29, 0.717) is 34.8 Å². The lowest BCUT2D eigenvalue weighted by molar-refractivity contribution is 0.407. The lowest BCUT2D eigenvalue weighted by Gasteiger charge is -2.37. The summed E-state index contributed by atoms with van der Waals surface area (Å²) in [5.41, 5.74) is 3.41. The fraction of sp³-hybridized carbons (Fsp3) is 0.400. The molecule has 0 radical (unpaired) electrons. The molecule has 6 rings (SSSR count). The molecule has 33 heavy (non-hydrogen) atoms. The van der Waals surface area contributed by atoms with Gasteiger partial charge in [0.1, 0.15) is 5.52 Å². The molecule has 1 aliphatic carbocycles. The molecule has 3 heterocycles. The second kappa shape index (κ2) is 7.38. The quantitative estimate of drug-likeness (QED) is 0.494. The topological polar surface area (TPSA) is 79.1 Å². The van der Waals surface area contributed by atoms with Crippen LogP contribution in [-0.2, 0) is 7.05 Å². The molecule has 170 valence electrons. The Labute approximate surface area is 191 Å². The molecule has 2 aliphatic rings. The first-order valence-corrected chi connectivity index (χ1v) is 11.5. The molecular weight excluding hydrogens is 419 g/mol. The van der Waals surface area contributed by atoms with Crippen molar-refractivity contribution in [3.8, 4) is 17.1 Å². The third-order valence-corrected chi connectivity index (χ3v) is 6.66. The highest BCUT2D eigenvalue weighted by atomic mass is 19.1. The van der Waals surface area contributed by atoms with Crippen LogP contribution in [-0.4, -0.2) is 50.0 Å². The number of fused-ring (bicyclic) bond motifs is 2. The molecule has 2 atom stereocenters. The van der Waals surface area contributed by atoms with E-state index in [1.165, 1.54) is 10.4 Å². The standard InChI is InChI=1S/C25H27FN6O/c1-13-10-32(11-14(2)27-13)17-6-7-20-18(9-17)22(15-4-5-15)29-25(28-20)19-8-16-12-31(3)30-23(16)21(26)24(19)33/h6-9,12-15,27,33H,4-5,10-11H2,1-3H3/t13-,14-/m1/s1. The number of nitrogens with one attached hydrogen (secondary N) is 1. The van der Waals surface area contributed by atoms with Crippen LogP contribution in [0.15, 0.2) is 30.5 Å². The van der Waals surface area contributed by atoms with Crippen LogP contribution in [0.1, 0.15) is 38.3 Å². The fourth-order valence-corrected chi connectivity index (χ4v) is 5.07. The zero-order valence-electron chi connectivity index (χ0n) is 19.0. The van der Waals surface area contributed by atoms with Crippen LogP contribution in [0, 0.1) is 5.82 Å². The monoisotopic (exact) mass is 446 g/mol. The summed E-state index contributed by atoms with van der Waals surface area (Å²) in [6, 6.07) is 8.89. The molecule has 0 spiro atoms. The van der Waals surface area contributed by atoms with Crippen molar-refractivity contribution in [2.24, 2.45) is 7.05 Å². The van der Waals surface area contributed by atoms with Gasteiger partial charge in [0, 0.05) is 60.8 Å². The number of piperazine rings is 1. The first kappa shape index (κ1) is 20.4. The predicted octanol–water partition coefficient (Wildman–Crippen LogP) is 4.09. The van der Waals surface area contributed by atoms with Crippen molar-refractivity contribution >= 4 is 27.5 Å². The van der Waals surface area contributed by atoms with Gasteiger partial charge in [-0.2, -0.15) is 5.10 Å². The third-order valence-electron chi connectivity index (χ3n) is 6.66. The van der Waals surface area contributed by atoms with E-state index in [-0.39, 0.29) is 5.52 Å². The molecule has 0 bridgehead atoms. The average molecular weight is 447 g/mol. The summed E-state index contributed by atoms with van der Waals surface area (Å²) in [7, 11) is 1.73. The first-order valence-electron chi connectivity index (χ1n) is 11.5. The van der Waals surface area contributed by atoms with Crippen molar-refractivity contribution < 1.29 is 9.50 Å². The van der Waals surface area contributed by atoms with Gasteiger partial charge < -0.3 is 15.3 Å². The van der Waals surface area contributed by atoms with Crippen molar-refractivity contribution in [2.75, 3.05) is 18.0 Å². The molecule has 2 N–H and O–H groups in total. The molecular formula is C25H27FN6O. The Bertz CT molecular complexity index is 1390. The number of halogens is 1. The third kappa shape index (κ3) is 3.49. The predicted molar refractivity (Wildman–Crippen MR) is 127 cm³/mol. The van der Waals surface area contributed by atoms with Crippen LogP contribution in [0.3, 0.4) is 0 Å². The van der Waals surface area contributed by atoms with E-state index < -0.39 is 11.6 Å². The van der Waals surface area contributed by atoms with E-state index in [4.69, 9.17) is 9.97 Å². The Hall–Kier alpha value is -3.26. The largest absolute Gasteiger partial charge is 0.504 e. The minimum absolute atomic E-state index is 0.145. The number of hydrogen-bond acceptors (Lipinski definition) is 6. The Balaban J connectivity index is 1.49. The summed E-state index contributed by atoms with van der Waals surface area (Å²) in [5.74, 6) is -0.469. The van der Waals surface area contributed by atoms with Crippen molar-refractivity contribution in [3.63, 3.8) is 0 Å². The van der Waals surface area contributed by atoms with E-state index in [1.54, 1.807) is 19.3 Å². The summed E-state index contributed by atoms with van der Waals surface area (Å²) >= 11 is 0. The number of benzene rings is 2. The Morgan fingerprint density at radius 2 is 1.85 bits per heavy atom. The first-order chi connectivity index (χ1) is 15.9. The molecule has 0 unspecified atom stereocenters. The molecule has 8 heteroatoms. The van der Waals surface area contributed by atoms with Crippen LogP contribution < -0.4 is 10.2 Å². The number of aryl methyl sites for hydroxylation is 1. The van der Waals surface area contributed by atoms with Gasteiger partial charge >= 0.3 is 0 Å². The molecule has 2 aromatic carbocycles. The van der Waals surface area contributed by atoms with E-state index >= 15 is 0 Å². The minimum atomic E-state index is -0.739. The van der Waals surface area contributed by atoms with Gasteiger partial charge in [0.2, 0.25) is 0 Å². The number of rotatable bonds is 3. The Kier molecular flexibility index (Phi) is 4.55. The number of anilines is 1. The average Bonchev–Trinajstić information content (AvgIpc) is 3.56. The van der Waals surface area contributed by atoms with Gasteiger partial charge in [0.05, 0.1) is 16.8 Å². The molecule has 1 aliphatic heterocycles. The lowest BCUT2D eigenvalue weighted by Crippen LogP contribution is -2.54. The highest BCUT2D eigenvalue weighted by molar-refractivity contribution is 5.90. The maximum absolute atomic E-state index is 14.9. The van der Waals surface area contributed by atoms with Crippen LogP contribution in [0.2, 0.25) is 0 Å². The van der Waals surface area contributed by atoms with Crippen LogP contribution in [0.5, 0.6) is 5.75 Å². The van der Waals surface area contributed by atoms with Gasteiger partial charge in [-0.25, -0.2) is 14.4 Å². The van der Waals surface area contributed by atoms with Crippen LogP contribution in [0.25, 0.3) is 33.2 Å². The number of phenolic OH excluding ortho intramolecular Hbond substituents is 1. The van der Waals surface area contributed by atoms with Crippen molar-refractivity contribution in [1.82, 2.24) is 25.1 Å². The van der Waals surface area contributed by atoms with E-state index in [0.717, 1.165) is 42.5 Å². The summed E-state index contributed by atoms with van der Waals surface area (Å²) in [6.07, 6.45) is 3.89. The van der Waals surface area contributed by atoms with E-state index in [9.17, 15) is 9.50 Å². The summed E-state index contributed by atoms with van der Waals surface area (Å²) in [6.45, 7) is 6.32. The zero-order chi connectivity index (χ0) is 22.9. The van der Waals surface area contributed by atoms with Crippen LogP contribution >= 0.6 is 0 Å². The second-order valence-corrected chi connectivity index (χ2v) is 9.61. The van der Waals surface area contributed by atoms with Gasteiger partial charge in [-0.15, -0.1) is 0 Å². The number of phenols is 1. The maximum Gasteiger partial charge on any atom is 0.193 e. The maximum atomic E-state index is 14.9. The molecule has 7 nitrogen and oxygen atoms in total. The Morgan fingerprint density at radius 1 is 1.09 bits per heavy atom. The van der Waals surface area contributed by atoms with Crippen molar-refractivity contribution in [2.45, 2.75) is 44.7 Å². The van der Waals surface area contributed by atoms with Gasteiger partial charge in [-0.3, -0.25) is 4.68 Å². The number of aromatic hydroxyl groups is 1. The fourth-order valence-electron chi connectivity index (χ4n) is 5.07. The minimum Gasteiger partial charge on any atom is -0.504 e. The molecule has 2 aromatic heterocycles. The van der Waals surface area contributed by atoms with Crippen molar-refractivity contribution in [1.29, 1.82) is 0 Å². The summed E-state index contributed by atoms with van der Waals surface area (Å²) in [4.78, 5) is 12.0. The van der Waals surface area contributed by atoms with Crippen LogP contribution in [0.4, 0.5) is 10.1 Å². The second-order valence-electron chi connectivity index (χ2n) is 9.61. The number of aromatic nitrogens is 4. The number of hydrogen-bond donors (Lipinski definition) is 2.